The number of thioether (sulfide) groups is 1. The average molecular weight is 299 g/mol. The van der Waals surface area contributed by atoms with E-state index >= 15 is 0 Å². The number of aryl methyl sites for hydroxylation is 1. The molecular weight excluding hydrogens is 278 g/mol. The Balaban J connectivity index is 2.30. The Labute approximate surface area is 131 Å². The van der Waals surface area contributed by atoms with Crippen molar-refractivity contribution < 1.29 is 4.79 Å². The molecule has 2 aromatic carbocycles. The molecule has 0 aliphatic rings. The summed E-state index contributed by atoms with van der Waals surface area (Å²) in [6, 6.07) is 14.0. The fourth-order valence-corrected chi connectivity index (χ4v) is 2.72. The third kappa shape index (κ3) is 3.67. The van der Waals surface area contributed by atoms with E-state index in [-0.39, 0.29) is 5.91 Å². The topological polar surface area (TPSA) is 29.1 Å². The van der Waals surface area contributed by atoms with Gasteiger partial charge in [-0.25, -0.2) is 0 Å². The number of para-hydroxylation sites is 1. The first-order valence-electron chi connectivity index (χ1n) is 7.08. The molecule has 0 aliphatic heterocycles. The van der Waals surface area contributed by atoms with E-state index in [2.05, 4.69) is 25.2 Å². The van der Waals surface area contributed by atoms with Crippen LogP contribution in [0, 0.1) is 6.92 Å². The van der Waals surface area contributed by atoms with Crippen molar-refractivity contribution >= 4 is 23.4 Å². The largest absolute Gasteiger partial charge is 0.322 e. The summed E-state index contributed by atoms with van der Waals surface area (Å²) < 4.78 is 0. The van der Waals surface area contributed by atoms with Crippen LogP contribution in [0.3, 0.4) is 0 Å². The minimum absolute atomic E-state index is 0.0449. The zero-order valence-corrected chi connectivity index (χ0v) is 13.8. The first-order valence-corrected chi connectivity index (χ1v) is 8.30. The van der Waals surface area contributed by atoms with Crippen LogP contribution < -0.4 is 5.32 Å². The number of carbonyl (C=O) groups is 1. The molecule has 3 heteroatoms. The Kier molecular flexibility index (Phi) is 5.07. The van der Waals surface area contributed by atoms with Gasteiger partial charge < -0.3 is 5.32 Å². The van der Waals surface area contributed by atoms with Gasteiger partial charge >= 0.3 is 0 Å². The van der Waals surface area contributed by atoms with E-state index in [1.54, 1.807) is 11.8 Å². The van der Waals surface area contributed by atoms with Crippen LogP contribution in [-0.4, -0.2) is 12.2 Å². The van der Waals surface area contributed by atoms with Gasteiger partial charge in [-0.2, -0.15) is 0 Å². The predicted molar refractivity (Wildman–Crippen MR) is 91.4 cm³/mol. The molecule has 0 saturated carbocycles. The second-order valence-electron chi connectivity index (χ2n) is 5.38. The molecule has 2 nitrogen and oxygen atoms in total. The molecule has 0 aromatic heterocycles. The molecule has 0 heterocycles. The summed E-state index contributed by atoms with van der Waals surface area (Å²) in [5, 5.41) is 3.05. The summed E-state index contributed by atoms with van der Waals surface area (Å²) in [5.74, 6) is 0.330. The zero-order valence-electron chi connectivity index (χ0n) is 12.9. The van der Waals surface area contributed by atoms with Crippen LogP contribution in [0.25, 0.3) is 0 Å². The molecule has 0 aliphatic carbocycles. The van der Waals surface area contributed by atoms with E-state index in [0.29, 0.717) is 5.92 Å². The van der Waals surface area contributed by atoms with Crippen molar-refractivity contribution in [2.24, 2.45) is 0 Å². The van der Waals surface area contributed by atoms with Crippen molar-refractivity contribution in [2.45, 2.75) is 31.6 Å². The van der Waals surface area contributed by atoms with Crippen LogP contribution >= 0.6 is 11.8 Å². The zero-order chi connectivity index (χ0) is 15.4. The van der Waals surface area contributed by atoms with Crippen molar-refractivity contribution in [2.75, 3.05) is 11.6 Å². The van der Waals surface area contributed by atoms with Gasteiger partial charge in [0.1, 0.15) is 0 Å². The third-order valence-corrected chi connectivity index (χ3v) is 4.25. The normalized spacial score (nSPS) is 10.7. The molecule has 0 radical (unpaired) electrons. The second kappa shape index (κ2) is 6.81. The molecule has 21 heavy (non-hydrogen) atoms. The maximum absolute atomic E-state index is 12.6. The summed E-state index contributed by atoms with van der Waals surface area (Å²) in [6.45, 7) is 6.22. The molecule has 0 spiro atoms. The SMILES string of the molecule is CSc1ccc(C)c(C(=O)Nc2ccccc2C(C)C)c1. The van der Waals surface area contributed by atoms with Gasteiger partial charge in [0.2, 0.25) is 0 Å². The van der Waals surface area contributed by atoms with E-state index < -0.39 is 0 Å². The van der Waals surface area contributed by atoms with E-state index in [1.165, 1.54) is 0 Å². The highest BCUT2D eigenvalue weighted by Gasteiger charge is 2.13. The van der Waals surface area contributed by atoms with Crippen molar-refractivity contribution in [3.63, 3.8) is 0 Å². The molecule has 1 N–H and O–H groups in total. The van der Waals surface area contributed by atoms with Gasteiger partial charge in [0.15, 0.2) is 0 Å². The maximum Gasteiger partial charge on any atom is 0.255 e. The molecule has 0 atom stereocenters. The predicted octanol–water partition coefficient (Wildman–Crippen LogP) is 5.09. The number of nitrogens with one attached hydrogen (secondary N) is 1. The first kappa shape index (κ1) is 15.6. The van der Waals surface area contributed by atoms with E-state index in [1.807, 2.05) is 49.6 Å². The summed E-state index contributed by atoms with van der Waals surface area (Å²) >= 11 is 1.64. The fourth-order valence-electron chi connectivity index (χ4n) is 2.28. The van der Waals surface area contributed by atoms with Crippen molar-refractivity contribution in [1.82, 2.24) is 0 Å². The highest BCUT2D eigenvalue weighted by atomic mass is 32.2. The maximum atomic E-state index is 12.6. The second-order valence-corrected chi connectivity index (χ2v) is 6.26. The molecule has 110 valence electrons. The Morgan fingerprint density at radius 1 is 1.14 bits per heavy atom. The lowest BCUT2D eigenvalue weighted by Crippen LogP contribution is -2.15. The van der Waals surface area contributed by atoms with Crippen molar-refractivity contribution in [3.8, 4) is 0 Å². The highest BCUT2D eigenvalue weighted by Crippen LogP contribution is 2.25. The van der Waals surface area contributed by atoms with Crippen LogP contribution in [0.2, 0.25) is 0 Å². The van der Waals surface area contributed by atoms with E-state index in [4.69, 9.17) is 0 Å². The molecule has 2 aromatic rings. The number of hydrogen-bond acceptors (Lipinski definition) is 2. The number of anilines is 1. The molecule has 0 saturated heterocycles. The molecule has 0 bridgehead atoms. The van der Waals surface area contributed by atoms with Crippen LogP contribution in [0.15, 0.2) is 47.4 Å². The molecule has 2 rings (SSSR count). The standard InChI is InChI=1S/C18H21NOS/c1-12(2)15-7-5-6-8-17(15)19-18(20)16-11-14(21-4)10-9-13(16)3/h5-12H,1-4H3,(H,19,20). The van der Waals surface area contributed by atoms with Gasteiger partial charge in [0, 0.05) is 16.1 Å². The van der Waals surface area contributed by atoms with Gasteiger partial charge in [-0.1, -0.05) is 38.1 Å². The summed E-state index contributed by atoms with van der Waals surface area (Å²) in [6.07, 6.45) is 2.01. The minimum Gasteiger partial charge on any atom is -0.322 e. The van der Waals surface area contributed by atoms with E-state index in [9.17, 15) is 4.79 Å². The van der Waals surface area contributed by atoms with Gasteiger partial charge in [-0.05, 0) is 48.4 Å². The summed E-state index contributed by atoms with van der Waals surface area (Å²) in [7, 11) is 0. The van der Waals surface area contributed by atoms with Gasteiger partial charge in [-0.3, -0.25) is 4.79 Å². The Bertz CT molecular complexity index is 649. The molecular formula is C18H21NOS. The quantitative estimate of drug-likeness (QED) is 0.796. The average Bonchev–Trinajstić information content (AvgIpc) is 2.48. The van der Waals surface area contributed by atoms with Crippen molar-refractivity contribution in [3.05, 3.63) is 59.2 Å². The number of rotatable bonds is 4. The Hall–Kier alpha value is -1.74. The van der Waals surface area contributed by atoms with Gasteiger partial charge in [0.25, 0.3) is 5.91 Å². The number of amides is 1. The van der Waals surface area contributed by atoms with Gasteiger partial charge in [0.05, 0.1) is 0 Å². The summed E-state index contributed by atoms with van der Waals surface area (Å²) in [4.78, 5) is 13.7. The van der Waals surface area contributed by atoms with E-state index in [0.717, 1.165) is 27.3 Å². The van der Waals surface area contributed by atoms with Crippen molar-refractivity contribution in [1.29, 1.82) is 0 Å². The van der Waals surface area contributed by atoms with Crippen LogP contribution in [0.4, 0.5) is 5.69 Å². The number of hydrogen-bond donors (Lipinski definition) is 1. The van der Waals surface area contributed by atoms with Crippen LogP contribution in [0.5, 0.6) is 0 Å². The molecule has 0 fully saturated rings. The Morgan fingerprint density at radius 3 is 2.52 bits per heavy atom. The smallest absolute Gasteiger partial charge is 0.255 e. The fraction of sp³-hybridized carbons (Fsp3) is 0.278. The number of carbonyl (C=O) groups excluding carboxylic acids is 1. The third-order valence-electron chi connectivity index (χ3n) is 3.52. The lowest BCUT2D eigenvalue weighted by molar-refractivity contribution is 0.102. The Morgan fingerprint density at radius 2 is 1.86 bits per heavy atom. The monoisotopic (exact) mass is 299 g/mol. The van der Waals surface area contributed by atoms with Gasteiger partial charge in [-0.15, -0.1) is 11.8 Å². The minimum atomic E-state index is -0.0449. The van der Waals surface area contributed by atoms with Crippen LogP contribution in [0.1, 0.15) is 41.3 Å². The lowest BCUT2D eigenvalue weighted by atomic mass is 10.0. The first-order chi connectivity index (χ1) is 10.0. The summed E-state index contributed by atoms with van der Waals surface area (Å²) in [5.41, 5.74) is 3.78. The number of benzene rings is 2. The lowest BCUT2D eigenvalue weighted by Gasteiger charge is -2.14. The highest BCUT2D eigenvalue weighted by molar-refractivity contribution is 7.98. The molecule has 0 unspecified atom stereocenters. The molecule has 1 amide bonds. The van der Waals surface area contributed by atoms with Crippen LogP contribution in [-0.2, 0) is 0 Å².